The number of benzene rings is 2. The number of amides is 1. The Balaban J connectivity index is 2.28. The van der Waals surface area contributed by atoms with Crippen molar-refractivity contribution in [2.24, 2.45) is 0 Å². The van der Waals surface area contributed by atoms with Crippen molar-refractivity contribution in [3.63, 3.8) is 0 Å². The first-order valence-corrected chi connectivity index (χ1v) is 6.30. The summed E-state index contributed by atoms with van der Waals surface area (Å²) in [6.07, 6.45) is 0. The number of hydrogen-bond acceptors (Lipinski definition) is 4. The average molecular weight is 281 g/mol. The van der Waals surface area contributed by atoms with E-state index >= 15 is 0 Å². The molecule has 0 fully saturated rings. The average Bonchev–Trinajstić information content (AvgIpc) is 2.49. The van der Waals surface area contributed by atoms with Crippen LogP contribution in [0.2, 0.25) is 0 Å². The van der Waals surface area contributed by atoms with Crippen molar-refractivity contribution < 1.29 is 9.53 Å². The summed E-state index contributed by atoms with van der Waals surface area (Å²) in [4.78, 5) is 12.3. The summed E-state index contributed by atoms with van der Waals surface area (Å²) in [6, 6.07) is 12.0. The number of methoxy groups -OCH3 is 1. The van der Waals surface area contributed by atoms with Gasteiger partial charge < -0.3 is 15.8 Å². The first-order chi connectivity index (χ1) is 10.0. The van der Waals surface area contributed by atoms with Crippen molar-refractivity contribution in [1.82, 2.24) is 0 Å². The van der Waals surface area contributed by atoms with Crippen LogP contribution in [0.4, 0.5) is 11.4 Å². The molecule has 3 N–H and O–H groups in total. The van der Waals surface area contributed by atoms with Crippen molar-refractivity contribution in [2.75, 3.05) is 18.2 Å². The lowest BCUT2D eigenvalue weighted by Gasteiger charge is -2.11. The minimum atomic E-state index is -0.326. The van der Waals surface area contributed by atoms with Crippen molar-refractivity contribution in [2.45, 2.75) is 6.92 Å². The molecule has 2 aromatic carbocycles. The Morgan fingerprint density at radius 2 is 2.05 bits per heavy atom. The quantitative estimate of drug-likeness (QED) is 0.847. The van der Waals surface area contributed by atoms with Gasteiger partial charge in [-0.1, -0.05) is 6.07 Å². The normalized spacial score (nSPS) is 9.76. The predicted octanol–water partition coefficient (Wildman–Crippen LogP) is 2.71. The molecule has 5 nitrogen and oxygen atoms in total. The highest BCUT2D eigenvalue weighted by molar-refractivity contribution is 6.08. The molecule has 0 spiro atoms. The van der Waals surface area contributed by atoms with Crippen molar-refractivity contribution in [3.05, 3.63) is 53.1 Å². The number of ether oxygens (including phenoxy) is 1. The second-order valence-corrected chi connectivity index (χ2v) is 4.55. The van der Waals surface area contributed by atoms with E-state index in [1.807, 2.05) is 13.0 Å². The summed E-state index contributed by atoms with van der Waals surface area (Å²) >= 11 is 0. The smallest absolute Gasteiger partial charge is 0.257 e. The summed E-state index contributed by atoms with van der Waals surface area (Å²) in [6.45, 7) is 1.86. The zero-order chi connectivity index (χ0) is 15.4. The Morgan fingerprint density at radius 1 is 1.29 bits per heavy atom. The molecule has 2 aromatic rings. The van der Waals surface area contributed by atoms with Crippen molar-refractivity contribution in [3.8, 4) is 11.8 Å². The molecule has 21 heavy (non-hydrogen) atoms. The molecule has 0 heterocycles. The molecule has 5 heteroatoms. The lowest BCUT2D eigenvalue weighted by Crippen LogP contribution is -2.15. The van der Waals surface area contributed by atoms with Gasteiger partial charge in [0.25, 0.3) is 5.91 Å². The summed E-state index contributed by atoms with van der Waals surface area (Å²) in [5.74, 6) is 0.264. The Bertz CT molecular complexity index is 733. The number of nitrogens with one attached hydrogen (secondary N) is 1. The number of hydrogen-bond donors (Lipinski definition) is 2. The Labute approximate surface area is 123 Å². The third-order valence-electron chi connectivity index (χ3n) is 3.12. The molecular weight excluding hydrogens is 266 g/mol. The van der Waals surface area contributed by atoms with Crippen LogP contribution >= 0.6 is 0 Å². The Hall–Kier alpha value is -3.00. The first-order valence-electron chi connectivity index (χ1n) is 6.30. The Morgan fingerprint density at radius 3 is 2.67 bits per heavy atom. The van der Waals surface area contributed by atoms with Crippen LogP contribution in [0.15, 0.2) is 36.4 Å². The molecule has 1 amide bonds. The molecule has 0 aliphatic rings. The van der Waals surface area contributed by atoms with E-state index in [-0.39, 0.29) is 5.91 Å². The van der Waals surface area contributed by atoms with Crippen LogP contribution in [0.1, 0.15) is 21.5 Å². The third-order valence-corrected chi connectivity index (χ3v) is 3.12. The number of rotatable bonds is 3. The van der Waals surface area contributed by atoms with Crippen LogP contribution in [-0.2, 0) is 0 Å². The standard InChI is InChI=1S/C16H15N3O2/c1-10-3-4-11(9-17)7-15(10)19-16(20)13-6-5-12(21-2)8-14(13)18/h3-8H,18H2,1-2H3,(H,19,20). The number of nitrogens with two attached hydrogens (primary N) is 1. The van der Waals surface area contributed by atoms with Gasteiger partial charge in [-0.05, 0) is 36.8 Å². The van der Waals surface area contributed by atoms with E-state index in [1.165, 1.54) is 7.11 Å². The number of carbonyl (C=O) groups excluding carboxylic acids is 1. The lowest BCUT2D eigenvalue weighted by atomic mass is 10.1. The fraction of sp³-hybridized carbons (Fsp3) is 0.125. The minimum Gasteiger partial charge on any atom is -0.497 e. The molecule has 0 saturated heterocycles. The van der Waals surface area contributed by atoms with Gasteiger partial charge in [-0.2, -0.15) is 5.26 Å². The summed E-state index contributed by atoms with van der Waals surface area (Å²) in [7, 11) is 1.53. The Kier molecular flexibility index (Phi) is 4.10. The molecule has 0 aliphatic carbocycles. The number of carbonyl (C=O) groups is 1. The number of aryl methyl sites for hydroxylation is 1. The third kappa shape index (κ3) is 3.12. The monoisotopic (exact) mass is 281 g/mol. The van der Waals surface area contributed by atoms with Crippen LogP contribution in [0.3, 0.4) is 0 Å². The molecule has 0 unspecified atom stereocenters. The largest absolute Gasteiger partial charge is 0.497 e. The van der Waals surface area contributed by atoms with Crippen molar-refractivity contribution >= 4 is 17.3 Å². The van der Waals surface area contributed by atoms with Gasteiger partial charge in [-0.25, -0.2) is 0 Å². The summed E-state index contributed by atoms with van der Waals surface area (Å²) in [5.41, 5.74) is 8.49. The fourth-order valence-corrected chi connectivity index (χ4v) is 1.89. The lowest BCUT2D eigenvalue weighted by molar-refractivity contribution is 0.102. The first kappa shape index (κ1) is 14.4. The van der Waals surface area contributed by atoms with Crippen LogP contribution in [0, 0.1) is 18.3 Å². The zero-order valence-corrected chi connectivity index (χ0v) is 11.8. The van der Waals surface area contributed by atoms with E-state index in [1.54, 1.807) is 36.4 Å². The minimum absolute atomic E-state index is 0.326. The van der Waals surface area contributed by atoms with E-state index in [0.29, 0.717) is 28.3 Å². The fourth-order valence-electron chi connectivity index (χ4n) is 1.89. The molecule has 0 saturated carbocycles. The van der Waals surface area contributed by atoms with E-state index in [2.05, 4.69) is 5.32 Å². The molecule has 2 rings (SSSR count). The van der Waals surface area contributed by atoms with E-state index < -0.39 is 0 Å². The van der Waals surface area contributed by atoms with Crippen LogP contribution in [-0.4, -0.2) is 13.0 Å². The maximum Gasteiger partial charge on any atom is 0.257 e. The topological polar surface area (TPSA) is 88.1 Å². The number of nitrogens with zero attached hydrogens (tertiary/aromatic N) is 1. The zero-order valence-electron chi connectivity index (χ0n) is 11.8. The molecule has 0 radical (unpaired) electrons. The van der Waals surface area contributed by atoms with Gasteiger partial charge in [0, 0.05) is 17.4 Å². The highest BCUT2D eigenvalue weighted by Gasteiger charge is 2.12. The molecular formula is C16H15N3O2. The highest BCUT2D eigenvalue weighted by atomic mass is 16.5. The van der Waals surface area contributed by atoms with Gasteiger partial charge in [0.05, 0.1) is 24.3 Å². The maximum atomic E-state index is 12.3. The SMILES string of the molecule is COc1ccc(C(=O)Nc2cc(C#N)ccc2C)c(N)c1. The van der Waals surface area contributed by atoms with Gasteiger partial charge >= 0.3 is 0 Å². The van der Waals surface area contributed by atoms with E-state index in [0.717, 1.165) is 5.56 Å². The van der Waals surface area contributed by atoms with Crippen molar-refractivity contribution in [1.29, 1.82) is 5.26 Å². The molecule has 0 aliphatic heterocycles. The predicted molar refractivity (Wildman–Crippen MR) is 81.3 cm³/mol. The van der Waals surface area contributed by atoms with E-state index in [4.69, 9.17) is 15.7 Å². The maximum absolute atomic E-state index is 12.3. The number of nitriles is 1. The van der Waals surface area contributed by atoms with Gasteiger partial charge in [-0.3, -0.25) is 4.79 Å². The number of anilines is 2. The van der Waals surface area contributed by atoms with Gasteiger partial charge in [-0.15, -0.1) is 0 Å². The number of nitrogen functional groups attached to an aromatic ring is 1. The second kappa shape index (κ2) is 5.97. The summed E-state index contributed by atoms with van der Waals surface area (Å²) in [5, 5.41) is 11.7. The van der Waals surface area contributed by atoms with Crippen LogP contribution in [0.5, 0.6) is 5.75 Å². The highest BCUT2D eigenvalue weighted by Crippen LogP contribution is 2.22. The second-order valence-electron chi connectivity index (χ2n) is 4.55. The van der Waals surface area contributed by atoms with Crippen LogP contribution in [0.25, 0.3) is 0 Å². The molecule has 0 atom stereocenters. The molecule has 0 aromatic heterocycles. The molecule has 0 bridgehead atoms. The van der Waals surface area contributed by atoms with Gasteiger partial charge in [0.15, 0.2) is 0 Å². The van der Waals surface area contributed by atoms with Gasteiger partial charge in [0.1, 0.15) is 5.75 Å². The summed E-state index contributed by atoms with van der Waals surface area (Å²) < 4.78 is 5.05. The van der Waals surface area contributed by atoms with E-state index in [9.17, 15) is 4.79 Å². The van der Waals surface area contributed by atoms with Gasteiger partial charge in [0.2, 0.25) is 0 Å². The van der Waals surface area contributed by atoms with Crippen LogP contribution < -0.4 is 15.8 Å². The molecule has 106 valence electrons.